The minimum atomic E-state index is -3.31. The third-order valence-electron chi connectivity index (χ3n) is 5.35. The van der Waals surface area contributed by atoms with E-state index in [-0.39, 0.29) is 17.2 Å². The van der Waals surface area contributed by atoms with Crippen LogP contribution in [0.5, 0.6) is 0 Å². The van der Waals surface area contributed by atoms with Gasteiger partial charge in [0.05, 0.1) is 5.75 Å². The molecule has 0 N–H and O–H groups in total. The van der Waals surface area contributed by atoms with Crippen LogP contribution in [-0.4, -0.2) is 49.2 Å². The molecule has 2 aliphatic rings. The van der Waals surface area contributed by atoms with Crippen molar-refractivity contribution in [2.45, 2.75) is 43.4 Å². The van der Waals surface area contributed by atoms with Gasteiger partial charge in [0.25, 0.3) is 0 Å². The first-order chi connectivity index (χ1) is 10.9. The van der Waals surface area contributed by atoms with Crippen LogP contribution in [0.4, 0.5) is 0 Å². The lowest BCUT2D eigenvalue weighted by Gasteiger charge is -2.35. The molecule has 1 amide bonds. The molecule has 126 valence electrons. The highest BCUT2D eigenvalue weighted by Crippen LogP contribution is 2.38. The van der Waals surface area contributed by atoms with Gasteiger partial charge in [0.15, 0.2) is 0 Å². The Labute approximate surface area is 138 Å². The molecule has 0 bridgehead atoms. The van der Waals surface area contributed by atoms with Crippen LogP contribution in [0, 0.1) is 0 Å². The number of carbonyl (C=O) groups excluding carboxylic acids is 1. The summed E-state index contributed by atoms with van der Waals surface area (Å²) in [7, 11) is -1.44. The highest BCUT2D eigenvalue weighted by Gasteiger charge is 2.44. The number of nitrogens with zero attached hydrogens (tertiary/aromatic N) is 2. The molecule has 0 unspecified atom stereocenters. The van der Waals surface area contributed by atoms with E-state index in [2.05, 4.69) is 0 Å². The Bertz CT molecular complexity index is 674. The van der Waals surface area contributed by atoms with E-state index in [9.17, 15) is 13.2 Å². The zero-order valence-corrected chi connectivity index (χ0v) is 14.4. The first-order valence-electron chi connectivity index (χ1n) is 8.21. The van der Waals surface area contributed by atoms with Gasteiger partial charge in [-0.3, -0.25) is 4.79 Å². The Morgan fingerprint density at radius 2 is 1.83 bits per heavy atom. The van der Waals surface area contributed by atoms with Crippen LogP contribution in [-0.2, 0) is 20.6 Å². The fraction of sp³-hybridized carbons (Fsp3) is 0.588. The summed E-state index contributed by atoms with van der Waals surface area (Å²) in [5, 5.41) is 0. The number of amides is 1. The molecule has 6 heteroatoms. The monoisotopic (exact) mass is 336 g/mol. The van der Waals surface area contributed by atoms with Crippen LogP contribution in [0.15, 0.2) is 30.3 Å². The maximum Gasteiger partial charge on any atom is 0.222 e. The van der Waals surface area contributed by atoms with E-state index < -0.39 is 10.0 Å². The van der Waals surface area contributed by atoms with Crippen LogP contribution < -0.4 is 0 Å². The van der Waals surface area contributed by atoms with Crippen LogP contribution in [0.25, 0.3) is 0 Å². The largest absolute Gasteiger partial charge is 0.340 e. The van der Waals surface area contributed by atoms with Crippen LogP contribution in [0.2, 0.25) is 0 Å². The van der Waals surface area contributed by atoms with Crippen molar-refractivity contribution in [2.75, 3.05) is 20.1 Å². The molecule has 23 heavy (non-hydrogen) atoms. The molecule has 2 heterocycles. The molecule has 1 atom stereocenters. The summed E-state index contributed by atoms with van der Waals surface area (Å²) in [5.41, 5.74) is 0.688. The molecule has 0 aliphatic carbocycles. The molecule has 2 aliphatic heterocycles. The SMILES string of the molecule is CN1C(=O)CC[C@@]12CCCN(S(=O)(=O)Cc1ccccc1)CC2. The van der Waals surface area contributed by atoms with Gasteiger partial charge in [-0.25, -0.2) is 12.7 Å². The van der Waals surface area contributed by atoms with E-state index in [1.165, 1.54) is 0 Å². The normalized spacial score (nSPS) is 26.7. The first kappa shape index (κ1) is 16.5. The molecule has 2 saturated heterocycles. The second kappa shape index (κ2) is 6.24. The van der Waals surface area contributed by atoms with Gasteiger partial charge in [0.1, 0.15) is 0 Å². The molecular formula is C17H24N2O3S. The van der Waals surface area contributed by atoms with Crippen molar-refractivity contribution in [2.24, 2.45) is 0 Å². The first-order valence-corrected chi connectivity index (χ1v) is 9.82. The summed E-state index contributed by atoms with van der Waals surface area (Å²) in [4.78, 5) is 13.7. The standard InChI is InChI=1S/C17H24N2O3S/c1-18-16(20)8-10-17(18)9-5-12-19(13-11-17)23(21,22)14-15-6-3-2-4-7-15/h2-4,6-7H,5,8-14H2,1H3/t17-/m1/s1. The lowest BCUT2D eigenvalue weighted by atomic mass is 9.88. The van der Waals surface area contributed by atoms with E-state index in [4.69, 9.17) is 0 Å². The lowest BCUT2D eigenvalue weighted by molar-refractivity contribution is -0.129. The summed E-state index contributed by atoms with van der Waals surface area (Å²) in [6.07, 6.45) is 3.89. The summed E-state index contributed by atoms with van der Waals surface area (Å²) < 4.78 is 27.0. The van der Waals surface area contributed by atoms with E-state index in [1.54, 1.807) is 4.31 Å². The molecule has 1 spiro atoms. The Balaban J connectivity index is 1.71. The Hall–Kier alpha value is -1.40. The highest BCUT2D eigenvalue weighted by molar-refractivity contribution is 7.88. The van der Waals surface area contributed by atoms with Crippen LogP contribution >= 0.6 is 0 Å². The van der Waals surface area contributed by atoms with Crippen molar-refractivity contribution in [3.63, 3.8) is 0 Å². The van der Waals surface area contributed by atoms with E-state index in [0.29, 0.717) is 19.5 Å². The highest BCUT2D eigenvalue weighted by atomic mass is 32.2. The summed E-state index contributed by atoms with van der Waals surface area (Å²) in [5.74, 6) is 0.237. The smallest absolute Gasteiger partial charge is 0.222 e. The fourth-order valence-electron chi connectivity index (χ4n) is 3.83. The second-order valence-corrected chi connectivity index (χ2v) is 8.64. The van der Waals surface area contributed by atoms with Gasteiger partial charge < -0.3 is 4.90 Å². The Morgan fingerprint density at radius 3 is 2.48 bits per heavy atom. The quantitative estimate of drug-likeness (QED) is 0.848. The molecule has 0 aromatic heterocycles. The number of rotatable bonds is 3. The third kappa shape index (κ3) is 3.28. The minimum absolute atomic E-state index is 0.0512. The topological polar surface area (TPSA) is 57.7 Å². The maximum absolute atomic E-state index is 12.7. The lowest BCUT2D eigenvalue weighted by Crippen LogP contribution is -2.44. The molecule has 3 rings (SSSR count). The molecule has 1 aromatic rings. The van der Waals surface area contributed by atoms with Crippen molar-refractivity contribution in [1.82, 2.24) is 9.21 Å². The van der Waals surface area contributed by atoms with Crippen LogP contribution in [0.1, 0.15) is 37.7 Å². The average molecular weight is 336 g/mol. The fourth-order valence-corrected chi connectivity index (χ4v) is 5.41. The van der Waals surface area contributed by atoms with E-state index in [1.807, 2.05) is 42.3 Å². The van der Waals surface area contributed by atoms with Crippen molar-refractivity contribution in [3.05, 3.63) is 35.9 Å². The van der Waals surface area contributed by atoms with Crippen molar-refractivity contribution in [3.8, 4) is 0 Å². The predicted octanol–water partition coefficient (Wildman–Crippen LogP) is 1.99. The van der Waals surface area contributed by atoms with Gasteiger partial charge >= 0.3 is 0 Å². The van der Waals surface area contributed by atoms with Gasteiger partial charge in [-0.05, 0) is 31.2 Å². The zero-order chi connectivity index (χ0) is 16.5. The maximum atomic E-state index is 12.7. The predicted molar refractivity (Wildman–Crippen MR) is 89.2 cm³/mol. The molecule has 5 nitrogen and oxygen atoms in total. The van der Waals surface area contributed by atoms with Gasteiger partial charge in [-0.1, -0.05) is 30.3 Å². The number of likely N-dealkylation sites (tertiary alicyclic amines) is 1. The number of hydrogen-bond donors (Lipinski definition) is 0. The van der Waals surface area contributed by atoms with Crippen molar-refractivity contribution >= 4 is 15.9 Å². The Morgan fingerprint density at radius 1 is 1.09 bits per heavy atom. The molecule has 0 saturated carbocycles. The minimum Gasteiger partial charge on any atom is -0.340 e. The number of hydrogen-bond acceptors (Lipinski definition) is 3. The van der Waals surface area contributed by atoms with Crippen molar-refractivity contribution in [1.29, 1.82) is 0 Å². The number of benzene rings is 1. The zero-order valence-electron chi connectivity index (χ0n) is 13.6. The van der Waals surface area contributed by atoms with Gasteiger partial charge in [0, 0.05) is 32.1 Å². The van der Waals surface area contributed by atoms with Gasteiger partial charge in [0.2, 0.25) is 15.9 Å². The van der Waals surface area contributed by atoms with E-state index in [0.717, 1.165) is 31.2 Å². The summed E-state index contributed by atoms with van der Waals surface area (Å²) >= 11 is 0. The van der Waals surface area contributed by atoms with E-state index >= 15 is 0 Å². The van der Waals surface area contributed by atoms with Crippen LogP contribution in [0.3, 0.4) is 0 Å². The number of sulfonamides is 1. The molecule has 0 radical (unpaired) electrons. The molecular weight excluding hydrogens is 312 g/mol. The third-order valence-corrected chi connectivity index (χ3v) is 7.20. The second-order valence-electron chi connectivity index (χ2n) is 6.67. The van der Waals surface area contributed by atoms with Gasteiger partial charge in [-0.2, -0.15) is 0 Å². The summed E-state index contributed by atoms with van der Waals surface area (Å²) in [6, 6.07) is 9.31. The van der Waals surface area contributed by atoms with Gasteiger partial charge in [-0.15, -0.1) is 0 Å². The summed E-state index contributed by atoms with van der Waals surface area (Å²) in [6.45, 7) is 1.06. The molecule has 1 aromatic carbocycles. The van der Waals surface area contributed by atoms with Crippen molar-refractivity contribution < 1.29 is 13.2 Å². The average Bonchev–Trinajstić information content (AvgIpc) is 2.71. The Kier molecular flexibility index (Phi) is 4.47. The number of carbonyl (C=O) groups is 1. The molecule has 2 fully saturated rings.